The highest BCUT2D eigenvalue weighted by Gasteiger charge is 2.46. The molecule has 8 heteroatoms. The van der Waals surface area contributed by atoms with E-state index in [1.165, 1.54) is 18.2 Å². The Kier molecular flexibility index (Phi) is 4.95. The van der Waals surface area contributed by atoms with Crippen LogP contribution in [0.2, 0.25) is 0 Å². The lowest BCUT2D eigenvalue weighted by Crippen LogP contribution is -2.41. The number of carboxylic acids is 1. The predicted octanol–water partition coefficient (Wildman–Crippen LogP) is 4.46. The third-order valence-electron chi connectivity index (χ3n) is 4.23. The van der Waals surface area contributed by atoms with Crippen molar-refractivity contribution in [1.82, 2.24) is 0 Å². The summed E-state index contributed by atoms with van der Waals surface area (Å²) < 4.78 is 39.2. The Morgan fingerprint density at radius 1 is 1.00 bits per heavy atom. The molecule has 1 fully saturated rings. The maximum absolute atomic E-state index is 14.1. The van der Waals surface area contributed by atoms with Gasteiger partial charge in [-0.3, -0.25) is 9.59 Å². The molecule has 0 atom stereocenters. The molecule has 0 aliphatic heterocycles. The molecule has 0 aromatic heterocycles. The Hall–Kier alpha value is -2.48. The Labute approximate surface area is 151 Å². The summed E-state index contributed by atoms with van der Waals surface area (Å²) in [6.07, 6.45) is 1.60. The summed E-state index contributed by atoms with van der Waals surface area (Å²) in [7, 11) is 0. The average Bonchev–Trinajstić information content (AvgIpc) is 2.55. The first-order chi connectivity index (χ1) is 12.3. The number of carbonyl (C=O) groups is 2. The van der Waals surface area contributed by atoms with Gasteiger partial charge in [0.1, 0.15) is 10.6 Å². The van der Waals surface area contributed by atoms with E-state index < -0.39 is 34.1 Å². The lowest BCUT2D eigenvalue weighted by molar-refractivity contribution is -0.142. The van der Waals surface area contributed by atoms with Crippen LogP contribution in [0.1, 0.15) is 29.6 Å². The van der Waals surface area contributed by atoms with Crippen molar-refractivity contribution < 1.29 is 27.9 Å². The van der Waals surface area contributed by atoms with E-state index in [1.807, 2.05) is 0 Å². The van der Waals surface area contributed by atoms with Gasteiger partial charge in [0.15, 0.2) is 11.6 Å². The van der Waals surface area contributed by atoms with Gasteiger partial charge in [0.2, 0.25) is 0 Å². The van der Waals surface area contributed by atoms with E-state index in [2.05, 4.69) is 5.32 Å². The molecule has 0 spiro atoms. The normalized spacial score (nSPS) is 15.2. The molecule has 1 saturated carbocycles. The molecule has 2 N–H and O–H groups in total. The Morgan fingerprint density at radius 2 is 1.69 bits per heavy atom. The van der Waals surface area contributed by atoms with Crippen molar-refractivity contribution in [2.75, 3.05) is 5.32 Å². The highest BCUT2D eigenvalue weighted by molar-refractivity contribution is 8.01. The Bertz CT molecular complexity index is 884. The van der Waals surface area contributed by atoms with Crippen LogP contribution in [0.15, 0.2) is 41.3 Å². The number of carboxylic acid groups (broad SMARTS) is 1. The molecule has 1 aliphatic rings. The van der Waals surface area contributed by atoms with Crippen molar-refractivity contribution in [3.63, 3.8) is 0 Å². The monoisotopic (exact) mass is 381 g/mol. The van der Waals surface area contributed by atoms with Gasteiger partial charge in [0.25, 0.3) is 5.91 Å². The third-order valence-corrected chi connectivity index (χ3v) is 5.73. The van der Waals surface area contributed by atoms with E-state index in [9.17, 15) is 27.9 Å². The van der Waals surface area contributed by atoms with E-state index in [0.717, 1.165) is 36.4 Å². The fourth-order valence-corrected chi connectivity index (χ4v) is 3.92. The molecule has 0 saturated heterocycles. The van der Waals surface area contributed by atoms with Crippen LogP contribution in [-0.2, 0) is 4.79 Å². The number of hydrogen-bond donors (Lipinski definition) is 2. The van der Waals surface area contributed by atoms with Gasteiger partial charge in [-0.25, -0.2) is 13.2 Å². The van der Waals surface area contributed by atoms with Crippen molar-refractivity contribution in [1.29, 1.82) is 0 Å². The standard InChI is InChI=1S/C18H14F3NO3S/c19-12-5-3-11(9-14(12)21)22-16(23)10-2-4-13(20)15(8-10)26-18(17(24)25)6-1-7-18/h2-5,8-9H,1,6-7H2,(H,22,23)(H,24,25). The van der Waals surface area contributed by atoms with Crippen molar-refractivity contribution >= 4 is 29.3 Å². The van der Waals surface area contributed by atoms with Crippen molar-refractivity contribution in [2.24, 2.45) is 0 Å². The number of amides is 1. The Balaban J connectivity index is 1.81. The van der Waals surface area contributed by atoms with Gasteiger partial charge in [-0.05, 0) is 49.6 Å². The summed E-state index contributed by atoms with van der Waals surface area (Å²) in [5.74, 6) is -4.41. The van der Waals surface area contributed by atoms with E-state index >= 15 is 0 Å². The summed E-state index contributed by atoms with van der Waals surface area (Å²) >= 11 is 0.891. The van der Waals surface area contributed by atoms with E-state index in [0.29, 0.717) is 12.8 Å². The average molecular weight is 381 g/mol. The summed E-state index contributed by atoms with van der Waals surface area (Å²) in [6.45, 7) is 0. The van der Waals surface area contributed by atoms with Crippen LogP contribution in [0.5, 0.6) is 0 Å². The van der Waals surface area contributed by atoms with Crippen LogP contribution in [0.25, 0.3) is 0 Å². The van der Waals surface area contributed by atoms with Crippen LogP contribution in [0.4, 0.5) is 18.9 Å². The molecular formula is C18H14F3NO3S. The number of anilines is 1. The van der Waals surface area contributed by atoms with Gasteiger partial charge in [0.05, 0.1) is 0 Å². The largest absolute Gasteiger partial charge is 0.480 e. The lowest BCUT2D eigenvalue weighted by atomic mass is 9.84. The number of halogens is 3. The summed E-state index contributed by atoms with van der Waals surface area (Å²) in [5.41, 5.74) is 0.131. The van der Waals surface area contributed by atoms with Crippen LogP contribution < -0.4 is 5.32 Å². The van der Waals surface area contributed by atoms with Crippen LogP contribution in [-0.4, -0.2) is 21.7 Å². The smallest absolute Gasteiger partial charge is 0.320 e. The number of nitrogens with one attached hydrogen (secondary N) is 1. The summed E-state index contributed by atoms with van der Waals surface area (Å²) in [4.78, 5) is 23.8. The van der Waals surface area contributed by atoms with Crippen molar-refractivity contribution in [3.05, 3.63) is 59.4 Å². The molecule has 26 heavy (non-hydrogen) atoms. The molecule has 0 bridgehead atoms. The molecule has 0 unspecified atom stereocenters. The molecule has 2 aromatic rings. The zero-order valence-corrected chi connectivity index (χ0v) is 14.2. The minimum absolute atomic E-state index is 0.0495. The molecule has 4 nitrogen and oxygen atoms in total. The lowest BCUT2D eigenvalue weighted by Gasteiger charge is -2.36. The minimum Gasteiger partial charge on any atom is -0.480 e. The van der Waals surface area contributed by atoms with Crippen LogP contribution >= 0.6 is 11.8 Å². The van der Waals surface area contributed by atoms with E-state index in [-0.39, 0.29) is 16.1 Å². The second-order valence-corrected chi connectivity index (χ2v) is 7.41. The second-order valence-electron chi connectivity index (χ2n) is 5.98. The maximum atomic E-state index is 14.1. The van der Waals surface area contributed by atoms with Gasteiger partial charge < -0.3 is 10.4 Å². The number of aliphatic carboxylic acids is 1. The number of rotatable bonds is 5. The van der Waals surface area contributed by atoms with Gasteiger partial charge in [-0.1, -0.05) is 0 Å². The SMILES string of the molecule is O=C(Nc1ccc(F)c(F)c1)c1ccc(F)c(SC2(C(=O)O)CCC2)c1. The maximum Gasteiger partial charge on any atom is 0.320 e. The first kappa shape index (κ1) is 18.3. The first-order valence-corrected chi connectivity index (χ1v) is 8.61. The highest BCUT2D eigenvalue weighted by atomic mass is 32.2. The van der Waals surface area contributed by atoms with Gasteiger partial charge in [-0.15, -0.1) is 11.8 Å². The number of hydrogen-bond acceptors (Lipinski definition) is 3. The zero-order chi connectivity index (χ0) is 18.9. The molecule has 1 amide bonds. The highest BCUT2D eigenvalue weighted by Crippen LogP contribution is 2.48. The topological polar surface area (TPSA) is 66.4 Å². The zero-order valence-electron chi connectivity index (χ0n) is 13.4. The van der Waals surface area contributed by atoms with Crippen LogP contribution in [0.3, 0.4) is 0 Å². The molecule has 0 radical (unpaired) electrons. The number of benzene rings is 2. The third kappa shape index (κ3) is 3.55. The Morgan fingerprint density at radius 3 is 2.27 bits per heavy atom. The molecule has 136 valence electrons. The number of thioether (sulfide) groups is 1. The fraction of sp³-hybridized carbons (Fsp3) is 0.222. The van der Waals surface area contributed by atoms with E-state index in [1.54, 1.807) is 0 Å². The van der Waals surface area contributed by atoms with Gasteiger partial charge >= 0.3 is 5.97 Å². The summed E-state index contributed by atoms with van der Waals surface area (Å²) in [6, 6.07) is 6.49. The predicted molar refractivity (Wildman–Crippen MR) is 90.8 cm³/mol. The quantitative estimate of drug-likeness (QED) is 0.803. The van der Waals surface area contributed by atoms with Crippen molar-refractivity contribution in [3.8, 4) is 0 Å². The number of carbonyl (C=O) groups excluding carboxylic acids is 1. The molecule has 0 heterocycles. The van der Waals surface area contributed by atoms with Gasteiger partial charge in [0, 0.05) is 22.2 Å². The molecule has 2 aromatic carbocycles. The van der Waals surface area contributed by atoms with Crippen LogP contribution in [0, 0.1) is 17.5 Å². The fourth-order valence-electron chi connectivity index (χ4n) is 2.57. The van der Waals surface area contributed by atoms with E-state index in [4.69, 9.17) is 0 Å². The minimum atomic E-state index is -1.11. The first-order valence-electron chi connectivity index (χ1n) is 7.79. The second kappa shape index (κ2) is 7.03. The molecule has 1 aliphatic carbocycles. The summed E-state index contributed by atoms with van der Waals surface area (Å²) in [5, 5.41) is 11.8. The molecule has 3 rings (SSSR count). The van der Waals surface area contributed by atoms with Crippen molar-refractivity contribution in [2.45, 2.75) is 28.9 Å². The van der Waals surface area contributed by atoms with Gasteiger partial charge in [-0.2, -0.15) is 0 Å². The molecular weight excluding hydrogens is 367 g/mol.